The van der Waals surface area contributed by atoms with Crippen LogP contribution in [-0.4, -0.2) is 30.6 Å². The largest absolute Gasteiger partial charge is 0.329 e. The van der Waals surface area contributed by atoms with Crippen LogP contribution in [-0.2, 0) is 0 Å². The first-order chi connectivity index (χ1) is 4.38. The van der Waals surface area contributed by atoms with Gasteiger partial charge >= 0.3 is 0 Å². The quantitative estimate of drug-likeness (QED) is 0.656. The first-order valence-corrected chi connectivity index (χ1v) is 3.82. The summed E-state index contributed by atoms with van der Waals surface area (Å²) in [6.45, 7) is 5.47. The Kier molecular flexibility index (Phi) is 5.04. The van der Waals surface area contributed by atoms with Gasteiger partial charge in [-0.3, -0.25) is 4.90 Å². The second-order valence-corrected chi connectivity index (χ2v) is 2.66. The van der Waals surface area contributed by atoms with Crippen molar-refractivity contribution in [1.29, 1.82) is 0 Å². The zero-order valence-corrected chi connectivity index (χ0v) is 7.36. The lowest BCUT2D eigenvalue weighted by Crippen LogP contribution is -2.34. The van der Waals surface area contributed by atoms with Crippen molar-refractivity contribution < 1.29 is 0 Å². The lowest BCUT2D eigenvalue weighted by molar-refractivity contribution is 0.272. The molecule has 1 aliphatic rings. The first kappa shape index (κ1) is 10.2. The van der Waals surface area contributed by atoms with E-state index < -0.39 is 0 Å². The van der Waals surface area contributed by atoms with E-state index in [1.165, 1.54) is 25.9 Å². The molecule has 0 amide bonds. The molecule has 1 fully saturated rings. The molecule has 0 aromatic rings. The molecular formula is C7H17ClN2. The Labute approximate surface area is 69.2 Å². The first-order valence-electron chi connectivity index (χ1n) is 3.82. The van der Waals surface area contributed by atoms with Crippen molar-refractivity contribution in [3.05, 3.63) is 0 Å². The van der Waals surface area contributed by atoms with E-state index in [9.17, 15) is 0 Å². The third kappa shape index (κ3) is 2.11. The lowest BCUT2D eigenvalue weighted by atomic mass is 10.2. The maximum absolute atomic E-state index is 5.56. The van der Waals surface area contributed by atoms with Crippen LogP contribution < -0.4 is 5.73 Å². The zero-order valence-electron chi connectivity index (χ0n) is 6.55. The third-order valence-electron chi connectivity index (χ3n) is 2.18. The average molecular weight is 165 g/mol. The van der Waals surface area contributed by atoms with Gasteiger partial charge in [0.2, 0.25) is 0 Å². The minimum absolute atomic E-state index is 0. The summed E-state index contributed by atoms with van der Waals surface area (Å²) in [5.41, 5.74) is 5.56. The molecular weight excluding hydrogens is 148 g/mol. The molecule has 2 nitrogen and oxygen atoms in total. The molecule has 1 aliphatic heterocycles. The molecule has 1 saturated heterocycles. The van der Waals surface area contributed by atoms with Crippen molar-refractivity contribution in [3.8, 4) is 0 Å². The summed E-state index contributed by atoms with van der Waals surface area (Å²) < 4.78 is 0. The highest BCUT2D eigenvalue weighted by Gasteiger charge is 2.20. The van der Waals surface area contributed by atoms with Crippen molar-refractivity contribution >= 4 is 12.4 Å². The van der Waals surface area contributed by atoms with E-state index in [4.69, 9.17) is 5.73 Å². The predicted octanol–water partition coefficient (Wildman–Crippen LogP) is 0.851. The monoisotopic (exact) mass is 164 g/mol. The minimum Gasteiger partial charge on any atom is -0.329 e. The van der Waals surface area contributed by atoms with E-state index in [0.29, 0.717) is 6.04 Å². The van der Waals surface area contributed by atoms with Crippen LogP contribution in [0.2, 0.25) is 0 Å². The van der Waals surface area contributed by atoms with E-state index in [0.717, 1.165) is 6.54 Å². The fourth-order valence-electron chi connectivity index (χ4n) is 1.58. The second-order valence-electron chi connectivity index (χ2n) is 2.66. The van der Waals surface area contributed by atoms with E-state index in [1.54, 1.807) is 0 Å². The fourth-order valence-corrected chi connectivity index (χ4v) is 1.58. The Morgan fingerprint density at radius 3 is 2.70 bits per heavy atom. The number of rotatable bonds is 2. The van der Waals surface area contributed by atoms with Gasteiger partial charge in [0, 0.05) is 12.6 Å². The number of halogens is 1. The molecule has 0 saturated carbocycles. The van der Waals surface area contributed by atoms with Crippen molar-refractivity contribution in [2.45, 2.75) is 25.8 Å². The Morgan fingerprint density at radius 2 is 2.30 bits per heavy atom. The summed E-state index contributed by atoms with van der Waals surface area (Å²) >= 11 is 0. The second kappa shape index (κ2) is 4.94. The van der Waals surface area contributed by atoms with Crippen LogP contribution in [0.1, 0.15) is 19.8 Å². The Bertz CT molecular complexity index is 77.7. The maximum atomic E-state index is 5.56. The summed E-state index contributed by atoms with van der Waals surface area (Å²) in [4.78, 5) is 2.46. The summed E-state index contributed by atoms with van der Waals surface area (Å²) in [6.07, 6.45) is 2.65. The molecule has 2 N–H and O–H groups in total. The van der Waals surface area contributed by atoms with Crippen LogP contribution in [0.15, 0.2) is 0 Å². The molecule has 0 radical (unpaired) electrons. The Hall–Kier alpha value is 0.210. The lowest BCUT2D eigenvalue weighted by Gasteiger charge is -2.20. The number of nitrogens with two attached hydrogens (primary N) is 1. The molecule has 0 aliphatic carbocycles. The van der Waals surface area contributed by atoms with Gasteiger partial charge in [0.05, 0.1) is 0 Å². The molecule has 0 bridgehead atoms. The smallest absolute Gasteiger partial charge is 0.0218 e. The molecule has 0 aromatic heterocycles. The summed E-state index contributed by atoms with van der Waals surface area (Å²) in [7, 11) is 0. The highest BCUT2D eigenvalue weighted by molar-refractivity contribution is 5.85. The molecule has 1 unspecified atom stereocenters. The Balaban J connectivity index is 0.000000810. The van der Waals surface area contributed by atoms with Gasteiger partial charge in [-0.1, -0.05) is 6.92 Å². The SMILES string of the molecule is CCN1CCCC1CN.Cl. The zero-order chi connectivity index (χ0) is 6.69. The molecule has 3 heteroatoms. The van der Waals surface area contributed by atoms with Crippen LogP contribution in [0.3, 0.4) is 0 Å². The maximum Gasteiger partial charge on any atom is 0.0218 e. The highest BCUT2D eigenvalue weighted by Crippen LogP contribution is 2.14. The number of nitrogens with zero attached hydrogens (tertiary/aromatic N) is 1. The number of hydrogen-bond donors (Lipinski definition) is 1. The van der Waals surface area contributed by atoms with Gasteiger partial charge < -0.3 is 5.73 Å². The van der Waals surface area contributed by atoms with Gasteiger partial charge in [0.1, 0.15) is 0 Å². The van der Waals surface area contributed by atoms with Crippen LogP contribution >= 0.6 is 12.4 Å². The number of likely N-dealkylation sites (tertiary alicyclic amines) is 1. The minimum atomic E-state index is 0. The molecule has 1 atom stereocenters. The standard InChI is InChI=1S/C7H16N2.ClH/c1-2-9-5-3-4-7(9)6-8;/h7H,2-6,8H2,1H3;1H. The third-order valence-corrected chi connectivity index (χ3v) is 2.18. The summed E-state index contributed by atoms with van der Waals surface area (Å²) in [5.74, 6) is 0. The van der Waals surface area contributed by atoms with Crippen molar-refractivity contribution in [1.82, 2.24) is 4.90 Å². The molecule has 62 valence electrons. The van der Waals surface area contributed by atoms with Crippen molar-refractivity contribution in [2.24, 2.45) is 5.73 Å². The number of hydrogen-bond acceptors (Lipinski definition) is 2. The van der Waals surface area contributed by atoms with Gasteiger partial charge in [-0.2, -0.15) is 0 Å². The van der Waals surface area contributed by atoms with Crippen LogP contribution in [0.5, 0.6) is 0 Å². The highest BCUT2D eigenvalue weighted by atomic mass is 35.5. The molecule has 1 heterocycles. The average Bonchev–Trinajstić information content (AvgIpc) is 2.33. The van der Waals surface area contributed by atoms with Crippen molar-refractivity contribution in [2.75, 3.05) is 19.6 Å². The van der Waals surface area contributed by atoms with E-state index in [-0.39, 0.29) is 12.4 Å². The summed E-state index contributed by atoms with van der Waals surface area (Å²) in [6, 6.07) is 0.690. The molecule has 10 heavy (non-hydrogen) atoms. The fraction of sp³-hybridized carbons (Fsp3) is 1.00. The predicted molar refractivity (Wildman–Crippen MR) is 46.6 cm³/mol. The molecule has 0 aromatic carbocycles. The van der Waals surface area contributed by atoms with Gasteiger partial charge in [-0.05, 0) is 25.9 Å². The summed E-state index contributed by atoms with van der Waals surface area (Å²) in [5, 5.41) is 0. The van der Waals surface area contributed by atoms with E-state index >= 15 is 0 Å². The van der Waals surface area contributed by atoms with Gasteiger partial charge in [0.15, 0.2) is 0 Å². The van der Waals surface area contributed by atoms with E-state index in [2.05, 4.69) is 11.8 Å². The molecule has 0 spiro atoms. The van der Waals surface area contributed by atoms with Crippen LogP contribution in [0.4, 0.5) is 0 Å². The molecule has 1 rings (SSSR count). The normalized spacial score (nSPS) is 26.4. The topological polar surface area (TPSA) is 29.3 Å². The van der Waals surface area contributed by atoms with Crippen molar-refractivity contribution in [3.63, 3.8) is 0 Å². The van der Waals surface area contributed by atoms with Gasteiger partial charge in [-0.15, -0.1) is 12.4 Å². The van der Waals surface area contributed by atoms with Crippen LogP contribution in [0, 0.1) is 0 Å². The van der Waals surface area contributed by atoms with E-state index in [1.807, 2.05) is 0 Å². The van der Waals surface area contributed by atoms with Gasteiger partial charge in [0.25, 0.3) is 0 Å². The van der Waals surface area contributed by atoms with Crippen LogP contribution in [0.25, 0.3) is 0 Å². The van der Waals surface area contributed by atoms with Gasteiger partial charge in [-0.25, -0.2) is 0 Å². The number of likely N-dealkylation sites (N-methyl/N-ethyl adjacent to an activating group) is 1. The Morgan fingerprint density at radius 1 is 1.60 bits per heavy atom.